The summed E-state index contributed by atoms with van der Waals surface area (Å²) in [5, 5.41) is 32.2. The molecule has 0 unspecified atom stereocenters. The number of piperidine rings is 1. The molecule has 0 saturated carbocycles. The third-order valence-corrected chi connectivity index (χ3v) is 7.18. The van der Waals surface area contributed by atoms with Crippen LogP contribution in [0.25, 0.3) is 17.1 Å². The predicted octanol–water partition coefficient (Wildman–Crippen LogP) is 3.54. The van der Waals surface area contributed by atoms with E-state index in [4.69, 9.17) is 4.74 Å². The summed E-state index contributed by atoms with van der Waals surface area (Å²) >= 11 is 0. The van der Waals surface area contributed by atoms with E-state index in [1.165, 1.54) is 6.07 Å². The van der Waals surface area contributed by atoms with E-state index in [-0.39, 0.29) is 41.1 Å². The largest absolute Gasteiger partial charge is 0.508 e. The molecule has 2 amide bonds. The van der Waals surface area contributed by atoms with Crippen LogP contribution < -0.4 is 10.1 Å². The summed E-state index contributed by atoms with van der Waals surface area (Å²) in [6.07, 6.45) is 2.03. The van der Waals surface area contributed by atoms with E-state index in [1.54, 1.807) is 10.6 Å². The van der Waals surface area contributed by atoms with Crippen molar-refractivity contribution in [3.8, 4) is 34.3 Å². The van der Waals surface area contributed by atoms with E-state index < -0.39 is 5.91 Å². The first-order chi connectivity index (χ1) is 19.6. The van der Waals surface area contributed by atoms with Crippen molar-refractivity contribution in [3.05, 3.63) is 47.8 Å². The Kier molecular flexibility index (Phi) is 9.49. The Hall–Kier alpha value is -4.12. The first-order valence-corrected chi connectivity index (χ1v) is 14.1. The molecule has 2 heterocycles. The van der Waals surface area contributed by atoms with E-state index in [1.807, 2.05) is 68.9 Å². The molecule has 2 aromatic carbocycles. The van der Waals surface area contributed by atoms with Crippen molar-refractivity contribution in [1.82, 2.24) is 29.9 Å². The summed E-state index contributed by atoms with van der Waals surface area (Å²) in [5.41, 5.74) is 1.60. The zero-order valence-corrected chi connectivity index (χ0v) is 24.4. The molecule has 0 spiro atoms. The highest BCUT2D eigenvalue weighted by Crippen LogP contribution is 2.38. The van der Waals surface area contributed by atoms with Gasteiger partial charge in [0.15, 0.2) is 5.82 Å². The third-order valence-electron chi connectivity index (χ3n) is 7.18. The average molecular weight is 565 g/mol. The van der Waals surface area contributed by atoms with E-state index in [9.17, 15) is 19.8 Å². The number of likely N-dealkylation sites (tertiary alicyclic amines) is 1. The molecule has 11 nitrogen and oxygen atoms in total. The van der Waals surface area contributed by atoms with Gasteiger partial charge in [0, 0.05) is 57.2 Å². The van der Waals surface area contributed by atoms with Crippen LogP contribution in [0.4, 0.5) is 0 Å². The van der Waals surface area contributed by atoms with E-state index in [2.05, 4.69) is 15.5 Å². The van der Waals surface area contributed by atoms with Gasteiger partial charge >= 0.3 is 0 Å². The van der Waals surface area contributed by atoms with Gasteiger partial charge in [-0.15, -0.1) is 10.2 Å². The molecule has 0 aliphatic carbocycles. The lowest BCUT2D eigenvalue weighted by Gasteiger charge is -2.32. The number of amides is 2. The lowest BCUT2D eigenvalue weighted by Crippen LogP contribution is -2.42. The van der Waals surface area contributed by atoms with Gasteiger partial charge in [0.1, 0.15) is 23.4 Å². The van der Waals surface area contributed by atoms with E-state index >= 15 is 0 Å². The molecule has 1 aromatic heterocycles. The maximum Gasteiger partial charge on any atom is 0.289 e. The highest BCUT2D eigenvalue weighted by atomic mass is 16.5. The zero-order chi connectivity index (χ0) is 29.7. The number of aromatic hydroxyl groups is 2. The van der Waals surface area contributed by atoms with E-state index in [0.717, 1.165) is 19.4 Å². The molecular formula is C30H40N6O5. The van der Waals surface area contributed by atoms with Crippen LogP contribution in [0.1, 0.15) is 62.1 Å². The minimum atomic E-state index is -0.402. The number of hydrogen-bond donors (Lipinski definition) is 3. The van der Waals surface area contributed by atoms with Gasteiger partial charge in [-0.25, -0.2) is 0 Å². The Balaban J connectivity index is 1.55. The fraction of sp³-hybridized carbons (Fsp3) is 0.467. The number of phenolic OH excluding ortho intramolecular Hbond substituents is 2. The minimum absolute atomic E-state index is 0.00138. The molecule has 0 atom stereocenters. The maximum atomic E-state index is 12.9. The zero-order valence-electron chi connectivity index (χ0n) is 24.4. The van der Waals surface area contributed by atoms with Gasteiger partial charge in [-0.05, 0) is 62.8 Å². The molecule has 3 N–H and O–H groups in total. The van der Waals surface area contributed by atoms with Gasteiger partial charge in [0.2, 0.25) is 11.7 Å². The molecule has 0 bridgehead atoms. The summed E-state index contributed by atoms with van der Waals surface area (Å²) in [4.78, 5) is 29.2. The van der Waals surface area contributed by atoms with Crippen LogP contribution in [0, 0.1) is 0 Å². The summed E-state index contributed by atoms with van der Waals surface area (Å²) in [6, 6.07) is 10.2. The van der Waals surface area contributed by atoms with Crippen molar-refractivity contribution in [2.75, 3.05) is 40.3 Å². The van der Waals surface area contributed by atoms with Crippen molar-refractivity contribution < 1.29 is 24.5 Å². The van der Waals surface area contributed by atoms with Gasteiger partial charge in [-0.1, -0.05) is 13.8 Å². The molecule has 1 aliphatic rings. The fourth-order valence-corrected chi connectivity index (χ4v) is 4.89. The third kappa shape index (κ3) is 6.97. The number of hydrogen-bond acceptors (Lipinski definition) is 8. The second-order valence-corrected chi connectivity index (χ2v) is 10.9. The molecule has 1 fully saturated rings. The van der Waals surface area contributed by atoms with Gasteiger partial charge in [-0.2, -0.15) is 0 Å². The van der Waals surface area contributed by atoms with Crippen LogP contribution in [0.5, 0.6) is 17.2 Å². The number of rotatable bonds is 10. The smallest absolute Gasteiger partial charge is 0.289 e. The Labute approximate surface area is 240 Å². The molecule has 1 saturated heterocycles. The van der Waals surface area contributed by atoms with Crippen molar-refractivity contribution in [2.45, 2.75) is 52.1 Å². The topological polar surface area (TPSA) is 133 Å². The number of benzene rings is 2. The normalized spacial score (nSPS) is 14.1. The van der Waals surface area contributed by atoms with Crippen molar-refractivity contribution >= 4 is 11.8 Å². The van der Waals surface area contributed by atoms with Crippen LogP contribution in [0.2, 0.25) is 0 Å². The van der Waals surface area contributed by atoms with Crippen molar-refractivity contribution in [2.24, 2.45) is 0 Å². The molecule has 3 aromatic rings. The quantitative estimate of drug-likeness (QED) is 0.341. The summed E-state index contributed by atoms with van der Waals surface area (Å²) in [6.45, 7) is 8.18. The van der Waals surface area contributed by atoms with Gasteiger partial charge in [0.05, 0.1) is 5.56 Å². The number of ether oxygens (including phenoxy) is 1. The summed E-state index contributed by atoms with van der Waals surface area (Å²) in [7, 11) is 3.92. The molecule has 220 valence electrons. The first kappa shape index (κ1) is 29.9. The number of nitrogens with zero attached hydrogens (tertiary/aromatic N) is 5. The predicted molar refractivity (Wildman–Crippen MR) is 156 cm³/mol. The van der Waals surface area contributed by atoms with E-state index in [0.29, 0.717) is 48.6 Å². The standard InChI is InChI=1S/C30H40N6O5/c1-6-31-30(40)29-33-32-28(24-17-23(19(2)3)25(37)18-26(24)38)36(29)20-7-9-21(10-8-20)41-22-11-15-35(16-12-22)27(39)13-14-34(4)5/h7-10,17-19,22,37-38H,6,11-16H2,1-5H3,(H,31,40). The second-order valence-electron chi connectivity index (χ2n) is 10.9. The van der Waals surface area contributed by atoms with Crippen LogP contribution in [0.15, 0.2) is 36.4 Å². The number of phenols is 2. The lowest BCUT2D eigenvalue weighted by molar-refractivity contribution is -0.133. The molecule has 4 rings (SSSR count). The number of carbonyl (C=O) groups excluding carboxylic acids is 2. The molecule has 11 heteroatoms. The maximum absolute atomic E-state index is 12.9. The Morgan fingerprint density at radius 2 is 1.76 bits per heavy atom. The molecule has 0 radical (unpaired) electrons. The lowest BCUT2D eigenvalue weighted by atomic mass is 9.98. The van der Waals surface area contributed by atoms with Crippen LogP contribution in [-0.4, -0.2) is 93.0 Å². The summed E-state index contributed by atoms with van der Waals surface area (Å²) in [5.74, 6) is 0.597. The second kappa shape index (κ2) is 13.0. The monoisotopic (exact) mass is 564 g/mol. The molecular weight excluding hydrogens is 524 g/mol. The Morgan fingerprint density at radius 3 is 2.37 bits per heavy atom. The van der Waals surface area contributed by atoms with Crippen LogP contribution >= 0.6 is 0 Å². The average Bonchev–Trinajstić information content (AvgIpc) is 3.37. The highest BCUT2D eigenvalue weighted by molar-refractivity contribution is 5.92. The van der Waals surface area contributed by atoms with Crippen molar-refractivity contribution in [3.63, 3.8) is 0 Å². The van der Waals surface area contributed by atoms with Crippen molar-refractivity contribution in [1.29, 1.82) is 0 Å². The fourth-order valence-electron chi connectivity index (χ4n) is 4.89. The molecule has 41 heavy (non-hydrogen) atoms. The number of carbonyl (C=O) groups is 2. The van der Waals surface area contributed by atoms with Crippen LogP contribution in [0.3, 0.4) is 0 Å². The Bertz CT molecular complexity index is 1360. The minimum Gasteiger partial charge on any atom is -0.508 e. The van der Waals surface area contributed by atoms with Gasteiger partial charge < -0.3 is 30.1 Å². The van der Waals surface area contributed by atoms with Gasteiger partial charge in [0.25, 0.3) is 5.91 Å². The summed E-state index contributed by atoms with van der Waals surface area (Å²) < 4.78 is 7.81. The Morgan fingerprint density at radius 1 is 1.07 bits per heavy atom. The number of aromatic nitrogens is 3. The SMILES string of the molecule is CCNC(=O)c1nnc(-c2cc(C(C)C)c(O)cc2O)n1-c1ccc(OC2CCN(C(=O)CCN(C)C)CC2)cc1. The van der Waals surface area contributed by atoms with Crippen LogP contribution in [-0.2, 0) is 4.79 Å². The highest BCUT2D eigenvalue weighted by Gasteiger charge is 2.26. The molecule has 1 aliphatic heterocycles. The number of nitrogens with one attached hydrogen (secondary N) is 1. The first-order valence-electron chi connectivity index (χ1n) is 14.1. The van der Waals surface area contributed by atoms with Gasteiger partial charge in [-0.3, -0.25) is 14.2 Å².